The summed E-state index contributed by atoms with van der Waals surface area (Å²) in [7, 11) is 0. The first-order valence-corrected chi connectivity index (χ1v) is 5.93. The topological polar surface area (TPSA) is 51.2 Å². The van der Waals surface area contributed by atoms with Crippen molar-refractivity contribution in [3.8, 4) is 5.75 Å². The molecule has 1 rings (SSSR count). The highest BCUT2D eigenvalue weighted by molar-refractivity contribution is 9.10. The van der Waals surface area contributed by atoms with Crippen LogP contribution in [0.25, 0.3) is 0 Å². The number of nitrogens with zero attached hydrogens (tertiary/aromatic N) is 1. The normalized spacial score (nSPS) is 11.9. The van der Waals surface area contributed by atoms with Crippen LogP contribution in [0.2, 0.25) is 0 Å². The molecule has 0 bridgehead atoms. The van der Waals surface area contributed by atoms with Gasteiger partial charge in [0.2, 0.25) is 0 Å². The minimum Gasteiger partial charge on any atom is -0.482 e. The van der Waals surface area contributed by atoms with Crippen molar-refractivity contribution in [3.05, 3.63) is 22.9 Å². The average Bonchev–Trinajstić information content (AvgIpc) is 2.26. The molecular weight excluding hydrogens is 272 g/mol. The van der Waals surface area contributed by atoms with E-state index in [4.69, 9.17) is 4.74 Å². The largest absolute Gasteiger partial charge is 0.482 e. The van der Waals surface area contributed by atoms with Gasteiger partial charge >= 0.3 is 0 Å². The summed E-state index contributed by atoms with van der Waals surface area (Å²) in [5.41, 5.74) is 0. The number of hydrogen-bond acceptors (Lipinski definition) is 3. The van der Waals surface area contributed by atoms with Crippen molar-refractivity contribution in [2.24, 2.45) is 0 Å². The maximum absolute atomic E-state index is 11.4. The number of ether oxygens (including phenoxy) is 1. The van der Waals surface area contributed by atoms with E-state index in [0.29, 0.717) is 5.75 Å². The molecule has 0 aliphatic rings. The van der Waals surface area contributed by atoms with E-state index in [1.165, 1.54) is 0 Å². The molecule has 1 amide bonds. The van der Waals surface area contributed by atoms with Crippen molar-refractivity contribution in [1.82, 2.24) is 10.3 Å². The van der Waals surface area contributed by atoms with Crippen LogP contribution in [0.15, 0.2) is 22.9 Å². The third kappa shape index (κ3) is 4.61. The standard InChI is InChI=1S/C11H15BrN2O2/c1-3-8(2)14-11(15)7-16-10-4-9(12)5-13-6-10/h4-6,8H,3,7H2,1-2H3,(H,14,15). The number of nitrogens with one attached hydrogen (secondary N) is 1. The van der Waals surface area contributed by atoms with Crippen molar-refractivity contribution in [2.45, 2.75) is 26.3 Å². The van der Waals surface area contributed by atoms with Crippen LogP contribution in [0, 0.1) is 0 Å². The molecule has 4 nitrogen and oxygen atoms in total. The van der Waals surface area contributed by atoms with Crippen LogP contribution in [0.5, 0.6) is 5.75 Å². The number of halogens is 1. The molecule has 0 saturated heterocycles. The molecule has 1 unspecified atom stereocenters. The first-order valence-electron chi connectivity index (χ1n) is 5.14. The third-order valence-corrected chi connectivity index (χ3v) is 2.50. The van der Waals surface area contributed by atoms with Crippen LogP contribution < -0.4 is 10.1 Å². The Balaban J connectivity index is 2.37. The van der Waals surface area contributed by atoms with E-state index in [-0.39, 0.29) is 18.6 Å². The summed E-state index contributed by atoms with van der Waals surface area (Å²) in [5.74, 6) is 0.461. The van der Waals surface area contributed by atoms with Gasteiger partial charge in [0.15, 0.2) is 6.61 Å². The predicted molar refractivity (Wildman–Crippen MR) is 65.3 cm³/mol. The fraction of sp³-hybridized carbons (Fsp3) is 0.455. The van der Waals surface area contributed by atoms with Crippen LogP contribution in [0.3, 0.4) is 0 Å². The molecular formula is C11H15BrN2O2. The molecule has 5 heteroatoms. The molecule has 88 valence electrons. The maximum atomic E-state index is 11.4. The molecule has 16 heavy (non-hydrogen) atoms. The first-order chi connectivity index (χ1) is 7.61. The summed E-state index contributed by atoms with van der Waals surface area (Å²) < 4.78 is 6.12. The number of aromatic nitrogens is 1. The lowest BCUT2D eigenvalue weighted by molar-refractivity contribution is -0.123. The van der Waals surface area contributed by atoms with Crippen molar-refractivity contribution in [1.29, 1.82) is 0 Å². The molecule has 0 aliphatic carbocycles. The Morgan fingerprint density at radius 1 is 1.62 bits per heavy atom. The van der Waals surface area contributed by atoms with E-state index in [1.807, 2.05) is 13.8 Å². The Morgan fingerprint density at radius 2 is 2.38 bits per heavy atom. The molecule has 0 aromatic carbocycles. The third-order valence-electron chi connectivity index (χ3n) is 2.07. The van der Waals surface area contributed by atoms with Gasteiger partial charge in [-0.15, -0.1) is 0 Å². The number of carbonyl (C=O) groups excluding carboxylic acids is 1. The SMILES string of the molecule is CCC(C)NC(=O)COc1cncc(Br)c1. The zero-order valence-corrected chi connectivity index (χ0v) is 11.0. The van der Waals surface area contributed by atoms with Crippen LogP contribution in [0.4, 0.5) is 0 Å². The number of carbonyl (C=O) groups is 1. The lowest BCUT2D eigenvalue weighted by atomic mass is 10.2. The zero-order valence-electron chi connectivity index (χ0n) is 9.37. The van der Waals surface area contributed by atoms with Gasteiger partial charge in [-0.2, -0.15) is 0 Å². The highest BCUT2D eigenvalue weighted by Gasteiger charge is 2.06. The van der Waals surface area contributed by atoms with Gasteiger partial charge in [0.05, 0.1) is 6.20 Å². The van der Waals surface area contributed by atoms with Crippen molar-refractivity contribution in [3.63, 3.8) is 0 Å². The van der Waals surface area contributed by atoms with E-state index in [9.17, 15) is 4.79 Å². The van der Waals surface area contributed by atoms with E-state index in [0.717, 1.165) is 10.9 Å². The van der Waals surface area contributed by atoms with E-state index in [1.54, 1.807) is 18.5 Å². The minimum absolute atomic E-state index is 0.0163. The highest BCUT2D eigenvalue weighted by atomic mass is 79.9. The van der Waals surface area contributed by atoms with Gasteiger partial charge in [-0.25, -0.2) is 0 Å². The number of amides is 1. The quantitative estimate of drug-likeness (QED) is 0.902. The van der Waals surface area contributed by atoms with Gasteiger partial charge < -0.3 is 10.1 Å². The molecule has 0 aliphatic heterocycles. The molecule has 0 radical (unpaired) electrons. The monoisotopic (exact) mass is 286 g/mol. The first kappa shape index (κ1) is 13.0. The van der Waals surface area contributed by atoms with Crippen LogP contribution in [0.1, 0.15) is 20.3 Å². The number of rotatable bonds is 5. The molecule has 1 aromatic rings. The molecule has 1 aromatic heterocycles. The summed E-state index contributed by atoms with van der Waals surface area (Å²) >= 11 is 3.28. The predicted octanol–water partition coefficient (Wildman–Crippen LogP) is 2.14. The molecule has 1 atom stereocenters. The van der Waals surface area contributed by atoms with Gasteiger partial charge in [0.1, 0.15) is 5.75 Å². The van der Waals surface area contributed by atoms with Crippen LogP contribution in [-0.2, 0) is 4.79 Å². The number of hydrogen-bond donors (Lipinski definition) is 1. The fourth-order valence-electron chi connectivity index (χ4n) is 1.04. The van der Waals surface area contributed by atoms with Crippen molar-refractivity contribution in [2.75, 3.05) is 6.61 Å². The summed E-state index contributed by atoms with van der Waals surface area (Å²) in [5, 5.41) is 2.82. The number of pyridine rings is 1. The lowest BCUT2D eigenvalue weighted by Gasteiger charge is -2.11. The van der Waals surface area contributed by atoms with Crippen molar-refractivity contribution >= 4 is 21.8 Å². The molecule has 1 heterocycles. The molecule has 0 spiro atoms. The molecule has 0 saturated carbocycles. The Morgan fingerprint density at radius 3 is 3.00 bits per heavy atom. The van der Waals surface area contributed by atoms with E-state index < -0.39 is 0 Å². The van der Waals surface area contributed by atoms with Gasteiger partial charge in [-0.1, -0.05) is 6.92 Å². The Labute approximate surface area is 104 Å². The van der Waals surface area contributed by atoms with Crippen LogP contribution in [-0.4, -0.2) is 23.5 Å². The summed E-state index contributed by atoms with van der Waals surface area (Å²) in [6.07, 6.45) is 4.14. The Hall–Kier alpha value is -1.10. The summed E-state index contributed by atoms with van der Waals surface area (Å²) in [4.78, 5) is 15.3. The van der Waals surface area contributed by atoms with Crippen LogP contribution >= 0.6 is 15.9 Å². The molecule has 0 fully saturated rings. The summed E-state index contributed by atoms with van der Waals surface area (Å²) in [6, 6.07) is 1.94. The van der Waals surface area contributed by atoms with Gasteiger partial charge in [-0.3, -0.25) is 9.78 Å². The maximum Gasteiger partial charge on any atom is 0.258 e. The fourth-order valence-corrected chi connectivity index (χ4v) is 1.38. The minimum atomic E-state index is -0.116. The second-order valence-corrected chi connectivity index (χ2v) is 4.42. The van der Waals surface area contributed by atoms with E-state index in [2.05, 4.69) is 26.2 Å². The van der Waals surface area contributed by atoms with Gasteiger partial charge in [0.25, 0.3) is 5.91 Å². The highest BCUT2D eigenvalue weighted by Crippen LogP contribution is 2.15. The lowest BCUT2D eigenvalue weighted by Crippen LogP contribution is -2.35. The Kier molecular flexibility index (Phi) is 5.25. The summed E-state index contributed by atoms with van der Waals surface area (Å²) in [6.45, 7) is 3.99. The smallest absolute Gasteiger partial charge is 0.258 e. The van der Waals surface area contributed by atoms with Gasteiger partial charge in [0, 0.05) is 16.7 Å². The zero-order chi connectivity index (χ0) is 12.0. The second kappa shape index (κ2) is 6.48. The van der Waals surface area contributed by atoms with Crippen molar-refractivity contribution < 1.29 is 9.53 Å². The second-order valence-electron chi connectivity index (χ2n) is 3.50. The average molecular weight is 287 g/mol. The van der Waals surface area contributed by atoms with Gasteiger partial charge in [-0.05, 0) is 35.3 Å². The van der Waals surface area contributed by atoms with E-state index >= 15 is 0 Å². The molecule has 1 N–H and O–H groups in total. The Bertz CT molecular complexity index is 358.